The van der Waals surface area contributed by atoms with Gasteiger partial charge >= 0.3 is 0 Å². The van der Waals surface area contributed by atoms with Gasteiger partial charge in [0, 0.05) is 31.4 Å². The molecule has 5 heteroatoms. The second-order valence-electron chi connectivity index (χ2n) is 6.50. The van der Waals surface area contributed by atoms with Crippen LogP contribution in [0.15, 0.2) is 36.4 Å². The molecule has 25 heavy (non-hydrogen) atoms. The Bertz CT molecular complexity index is 750. The van der Waals surface area contributed by atoms with E-state index in [1.807, 2.05) is 25.1 Å². The third-order valence-electron chi connectivity index (χ3n) is 4.47. The second-order valence-corrected chi connectivity index (χ2v) is 6.50. The molecule has 1 fully saturated rings. The van der Waals surface area contributed by atoms with E-state index in [-0.39, 0.29) is 5.91 Å². The monoisotopic (exact) mass is 344 g/mol. The summed E-state index contributed by atoms with van der Waals surface area (Å²) in [6.45, 7) is 4.22. The summed E-state index contributed by atoms with van der Waals surface area (Å²) in [6, 6.07) is 9.33. The number of rotatable bonds is 5. The number of hydrogen-bond donors (Lipinski definition) is 1. The lowest BCUT2D eigenvalue weighted by atomic mass is 10.1. The van der Waals surface area contributed by atoms with E-state index in [2.05, 4.69) is 10.2 Å². The Morgan fingerprint density at radius 3 is 2.44 bits per heavy atom. The predicted molar refractivity (Wildman–Crippen MR) is 95.0 cm³/mol. The zero-order valence-corrected chi connectivity index (χ0v) is 14.3. The Hall–Kier alpha value is -2.43. The molecule has 0 radical (unpaired) electrons. The van der Waals surface area contributed by atoms with E-state index in [4.69, 9.17) is 0 Å². The third kappa shape index (κ3) is 4.35. The van der Waals surface area contributed by atoms with Crippen LogP contribution in [0.2, 0.25) is 0 Å². The van der Waals surface area contributed by atoms with Gasteiger partial charge in [0.2, 0.25) is 0 Å². The Kier molecular flexibility index (Phi) is 5.31. The van der Waals surface area contributed by atoms with E-state index in [1.54, 1.807) is 0 Å². The average Bonchev–Trinajstić information content (AvgIpc) is 3.08. The molecule has 2 aromatic carbocycles. The molecule has 0 unspecified atom stereocenters. The first kappa shape index (κ1) is 17.4. The standard InChI is InChI=1S/C20H22F2N2O/c1-14-4-5-19(24-8-2-3-9-24)18(10-14)20(25)23-7-6-15-11-16(21)13-17(22)12-15/h4-5,10-13H,2-3,6-9H2,1H3,(H,23,25). The van der Waals surface area contributed by atoms with E-state index in [1.165, 1.54) is 12.1 Å². The van der Waals surface area contributed by atoms with Crippen LogP contribution in [-0.2, 0) is 6.42 Å². The van der Waals surface area contributed by atoms with Crippen molar-refractivity contribution < 1.29 is 13.6 Å². The number of carbonyl (C=O) groups excluding carboxylic acids is 1. The first-order chi connectivity index (χ1) is 12.0. The molecule has 0 spiro atoms. The van der Waals surface area contributed by atoms with E-state index >= 15 is 0 Å². The molecule has 0 aromatic heterocycles. The molecule has 1 N–H and O–H groups in total. The van der Waals surface area contributed by atoms with E-state index in [9.17, 15) is 13.6 Å². The van der Waals surface area contributed by atoms with Crippen LogP contribution in [-0.4, -0.2) is 25.5 Å². The van der Waals surface area contributed by atoms with E-state index < -0.39 is 11.6 Å². The van der Waals surface area contributed by atoms with Gasteiger partial charge in [-0.25, -0.2) is 8.78 Å². The molecule has 0 bridgehead atoms. The highest BCUT2D eigenvalue weighted by Gasteiger charge is 2.19. The Labute approximate surface area is 146 Å². The van der Waals surface area contributed by atoms with Crippen molar-refractivity contribution in [1.29, 1.82) is 0 Å². The van der Waals surface area contributed by atoms with Crippen molar-refractivity contribution in [3.05, 3.63) is 64.7 Å². The van der Waals surface area contributed by atoms with E-state index in [0.29, 0.717) is 24.1 Å². The van der Waals surface area contributed by atoms with Gasteiger partial charge in [-0.2, -0.15) is 0 Å². The summed E-state index contributed by atoms with van der Waals surface area (Å²) in [5, 5.41) is 2.87. The van der Waals surface area contributed by atoms with Gasteiger partial charge in [-0.3, -0.25) is 4.79 Å². The van der Waals surface area contributed by atoms with Crippen molar-refractivity contribution in [3.63, 3.8) is 0 Å². The van der Waals surface area contributed by atoms with Gasteiger partial charge < -0.3 is 10.2 Å². The van der Waals surface area contributed by atoms with Crippen molar-refractivity contribution in [3.8, 4) is 0 Å². The first-order valence-corrected chi connectivity index (χ1v) is 8.62. The summed E-state index contributed by atoms with van der Waals surface area (Å²) >= 11 is 0. The number of hydrogen-bond acceptors (Lipinski definition) is 2. The molecule has 0 aliphatic carbocycles. The highest BCUT2D eigenvalue weighted by atomic mass is 19.1. The molecule has 1 aliphatic rings. The molecule has 1 aliphatic heterocycles. The van der Waals surface area contributed by atoms with Crippen LogP contribution in [0.25, 0.3) is 0 Å². The largest absolute Gasteiger partial charge is 0.371 e. The second kappa shape index (κ2) is 7.64. The number of halogens is 2. The van der Waals surface area contributed by atoms with Gasteiger partial charge in [0.15, 0.2) is 0 Å². The van der Waals surface area contributed by atoms with Crippen LogP contribution in [0.4, 0.5) is 14.5 Å². The normalized spacial score (nSPS) is 14.0. The van der Waals surface area contributed by atoms with Gasteiger partial charge in [0.1, 0.15) is 11.6 Å². The van der Waals surface area contributed by atoms with Crippen LogP contribution in [0.3, 0.4) is 0 Å². The number of benzene rings is 2. The lowest BCUT2D eigenvalue weighted by Crippen LogP contribution is -2.29. The molecule has 1 heterocycles. The molecule has 0 saturated carbocycles. The minimum atomic E-state index is -0.601. The quantitative estimate of drug-likeness (QED) is 0.894. The number of nitrogens with one attached hydrogen (secondary N) is 1. The predicted octanol–water partition coefficient (Wildman–Crippen LogP) is 3.85. The zero-order valence-electron chi connectivity index (χ0n) is 14.3. The molecule has 1 saturated heterocycles. The molecule has 2 aromatic rings. The van der Waals surface area contributed by atoms with Gasteiger partial charge in [0.05, 0.1) is 5.56 Å². The molecule has 0 atom stereocenters. The fraction of sp³-hybridized carbons (Fsp3) is 0.350. The number of nitrogens with zero attached hydrogens (tertiary/aromatic N) is 1. The smallest absolute Gasteiger partial charge is 0.253 e. The van der Waals surface area contributed by atoms with Crippen LogP contribution < -0.4 is 10.2 Å². The van der Waals surface area contributed by atoms with Crippen molar-refractivity contribution >= 4 is 11.6 Å². The lowest BCUT2D eigenvalue weighted by molar-refractivity contribution is 0.0954. The average molecular weight is 344 g/mol. The zero-order chi connectivity index (χ0) is 17.8. The van der Waals surface area contributed by atoms with Crippen molar-refractivity contribution in [1.82, 2.24) is 5.32 Å². The first-order valence-electron chi connectivity index (χ1n) is 8.62. The molecular weight excluding hydrogens is 322 g/mol. The lowest BCUT2D eigenvalue weighted by Gasteiger charge is -2.21. The van der Waals surface area contributed by atoms with Crippen LogP contribution in [0.1, 0.15) is 34.3 Å². The molecule has 132 valence electrons. The van der Waals surface area contributed by atoms with Gasteiger partial charge in [-0.05, 0) is 56.0 Å². The maximum absolute atomic E-state index is 13.2. The van der Waals surface area contributed by atoms with Crippen LogP contribution >= 0.6 is 0 Å². The van der Waals surface area contributed by atoms with Gasteiger partial charge in [0.25, 0.3) is 5.91 Å². The van der Waals surface area contributed by atoms with Crippen LogP contribution in [0.5, 0.6) is 0 Å². The fourth-order valence-corrected chi connectivity index (χ4v) is 3.24. The van der Waals surface area contributed by atoms with Crippen molar-refractivity contribution in [2.75, 3.05) is 24.5 Å². The molecule has 3 rings (SSSR count). The summed E-state index contributed by atoms with van der Waals surface area (Å²) in [5.41, 5.74) is 3.17. The summed E-state index contributed by atoms with van der Waals surface area (Å²) < 4.78 is 26.4. The van der Waals surface area contributed by atoms with Gasteiger partial charge in [-0.15, -0.1) is 0 Å². The molecule has 3 nitrogen and oxygen atoms in total. The summed E-state index contributed by atoms with van der Waals surface area (Å²) in [6.07, 6.45) is 2.66. The number of anilines is 1. The fourth-order valence-electron chi connectivity index (χ4n) is 3.24. The molecular formula is C20H22F2N2O. The Morgan fingerprint density at radius 1 is 1.08 bits per heavy atom. The summed E-state index contributed by atoms with van der Waals surface area (Å²) in [4.78, 5) is 14.8. The summed E-state index contributed by atoms with van der Waals surface area (Å²) in [5.74, 6) is -1.35. The minimum Gasteiger partial charge on any atom is -0.371 e. The highest BCUT2D eigenvalue weighted by molar-refractivity contribution is 6.00. The third-order valence-corrected chi connectivity index (χ3v) is 4.47. The maximum atomic E-state index is 13.2. The number of aryl methyl sites for hydroxylation is 1. The highest BCUT2D eigenvalue weighted by Crippen LogP contribution is 2.25. The Morgan fingerprint density at radius 2 is 1.76 bits per heavy atom. The Balaban J connectivity index is 1.67. The summed E-state index contributed by atoms with van der Waals surface area (Å²) in [7, 11) is 0. The molecule has 1 amide bonds. The van der Waals surface area contributed by atoms with Crippen molar-refractivity contribution in [2.45, 2.75) is 26.2 Å². The topological polar surface area (TPSA) is 32.3 Å². The van der Waals surface area contributed by atoms with Crippen molar-refractivity contribution in [2.24, 2.45) is 0 Å². The minimum absolute atomic E-state index is 0.150. The number of amides is 1. The maximum Gasteiger partial charge on any atom is 0.253 e. The van der Waals surface area contributed by atoms with Gasteiger partial charge in [-0.1, -0.05) is 11.6 Å². The van der Waals surface area contributed by atoms with E-state index in [0.717, 1.165) is 43.2 Å². The van der Waals surface area contributed by atoms with Crippen LogP contribution in [0, 0.1) is 18.6 Å². The number of carbonyl (C=O) groups is 1. The SMILES string of the molecule is Cc1ccc(N2CCCC2)c(C(=O)NCCc2cc(F)cc(F)c2)c1.